The highest BCUT2D eigenvalue weighted by molar-refractivity contribution is 5.33. The van der Waals surface area contributed by atoms with Gasteiger partial charge in [0.25, 0.3) is 0 Å². The number of aryl methyl sites for hydroxylation is 1. The van der Waals surface area contributed by atoms with E-state index in [0.717, 1.165) is 17.7 Å². The average molecular weight is 262 g/mol. The minimum atomic E-state index is -0.708. The van der Waals surface area contributed by atoms with Crippen molar-refractivity contribution in [1.82, 2.24) is 0 Å². The molecule has 0 aliphatic carbocycles. The van der Waals surface area contributed by atoms with E-state index in [2.05, 4.69) is 6.58 Å². The number of hydrogen-bond acceptors (Lipinski definition) is 1. The molecule has 2 aromatic carbocycles. The first-order valence-corrected chi connectivity index (χ1v) is 5.83. The molecule has 0 unspecified atom stereocenters. The molecule has 0 aliphatic heterocycles. The highest BCUT2D eigenvalue weighted by atomic mass is 19.1. The van der Waals surface area contributed by atoms with Gasteiger partial charge in [-0.3, -0.25) is 0 Å². The van der Waals surface area contributed by atoms with Crippen molar-refractivity contribution in [3.8, 4) is 11.5 Å². The van der Waals surface area contributed by atoms with E-state index >= 15 is 0 Å². The van der Waals surface area contributed by atoms with Crippen LogP contribution in [0.15, 0.2) is 55.1 Å². The normalized spacial score (nSPS) is 9.26. The average Bonchev–Trinajstić information content (AvgIpc) is 2.36. The summed E-state index contributed by atoms with van der Waals surface area (Å²) in [6, 6.07) is 10.4. The molecule has 0 fully saturated rings. The largest absolute Gasteiger partial charge is 0.454 e. The molecule has 100 valence electrons. The molecule has 2 rings (SSSR count). The van der Waals surface area contributed by atoms with E-state index in [-0.39, 0.29) is 5.75 Å². The third kappa shape index (κ3) is 4.92. The Morgan fingerprint density at radius 2 is 1.63 bits per heavy atom. The molecule has 0 spiro atoms. The molecule has 0 bridgehead atoms. The van der Waals surface area contributed by atoms with E-state index in [4.69, 9.17) is 4.74 Å². The molecule has 0 amide bonds. The lowest BCUT2D eigenvalue weighted by Gasteiger charge is -2.06. The number of halogens is 2. The van der Waals surface area contributed by atoms with E-state index in [1.165, 1.54) is 6.07 Å². The summed E-state index contributed by atoms with van der Waals surface area (Å²) in [7, 11) is 0. The molecular weight excluding hydrogens is 246 g/mol. The molecule has 0 radical (unpaired) electrons. The van der Waals surface area contributed by atoms with E-state index in [0.29, 0.717) is 5.75 Å². The van der Waals surface area contributed by atoms with Crippen LogP contribution in [-0.4, -0.2) is 0 Å². The van der Waals surface area contributed by atoms with E-state index in [1.807, 2.05) is 26.0 Å². The molecule has 0 aliphatic rings. The number of ether oxygens (including phenoxy) is 1. The van der Waals surface area contributed by atoms with Gasteiger partial charge in [-0.25, -0.2) is 8.78 Å². The third-order valence-electron chi connectivity index (χ3n) is 2.14. The van der Waals surface area contributed by atoms with Crippen molar-refractivity contribution in [3.63, 3.8) is 0 Å². The molecule has 19 heavy (non-hydrogen) atoms. The summed E-state index contributed by atoms with van der Waals surface area (Å²) in [6.07, 6.45) is 1.75. The minimum Gasteiger partial charge on any atom is -0.454 e. The summed E-state index contributed by atoms with van der Waals surface area (Å²) in [5.41, 5.74) is 1.09. The Hall–Kier alpha value is -2.16. The Morgan fingerprint density at radius 3 is 2.16 bits per heavy atom. The van der Waals surface area contributed by atoms with Crippen LogP contribution in [0.5, 0.6) is 11.5 Å². The topological polar surface area (TPSA) is 9.23 Å². The fourth-order valence-corrected chi connectivity index (χ4v) is 1.29. The van der Waals surface area contributed by atoms with Crippen molar-refractivity contribution in [2.45, 2.75) is 13.8 Å². The highest BCUT2D eigenvalue weighted by Gasteiger charge is 2.05. The van der Waals surface area contributed by atoms with Crippen molar-refractivity contribution in [2.24, 2.45) is 0 Å². The van der Waals surface area contributed by atoms with Gasteiger partial charge in [0.05, 0.1) is 0 Å². The van der Waals surface area contributed by atoms with Gasteiger partial charge in [-0.2, -0.15) is 0 Å². The lowest BCUT2D eigenvalue weighted by Crippen LogP contribution is -1.89. The molecule has 0 N–H and O–H groups in total. The van der Waals surface area contributed by atoms with Crippen LogP contribution in [0.1, 0.15) is 12.5 Å². The SMILES string of the molecule is C=CC.Cc1ccc(Oc2ccc(F)cc2F)cc1. The zero-order chi connectivity index (χ0) is 14.3. The molecule has 2 aromatic rings. The van der Waals surface area contributed by atoms with E-state index in [9.17, 15) is 8.78 Å². The van der Waals surface area contributed by atoms with Crippen LogP contribution in [0.4, 0.5) is 8.78 Å². The van der Waals surface area contributed by atoms with Crippen LogP contribution < -0.4 is 4.74 Å². The van der Waals surface area contributed by atoms with Crippen LogP contribution in [0.3, 0.4) is 0 Å². The second-order valence-electron chi connectivity index (χ2n) is 3.90. The zero-order valence-corrected chi connectivity index (χ0v) is 11.0. The van der Waals surface area contributed by atoms with Crippen LogP contribution >= 0.6 is 0 Å². The van der Waals surface area contributed by atoms with Gasteiger partial charge in [0.1, 0.15) is 11.6 Å². The molecule has 0 saturated carbocycles. The van der Waals surface area contributed by atoms with Gasteiger partial charge in [-0.05, 0) is 38.1 Å². The van der Waals surface area contributed by atoms with Crippen LogP contribution in [0.2, 0.25) is 0 Å². The summed E-state index contributed by atoms with van der Waals surface area (Å²) in [5.74, 6) is -0.782. The van der Waals surface area contributed by atoms with Gasteiger partial charge < -0.3 is 4.74 Å². The molecule has 0 atom stereocenters. The standard InChI is InChI=1S/C13H10F2O.C3H6/c1-9-2-5-11(6-3-9)16-13-7-4-10(14)8-12(13)15;1-3-2/h2-8H,1H3;3H,1H2,2H3. The predicted molar refractivity (Wildman–Crippen MR) is 73.5 cm³/mol. The Morgan fingerprint density at radius 1 is 1.05 bits per heavy atom. The summed E-state index contributed by atoms with van der Waals surface area (Å²) < 4.78 is 31.2. The van der Waals surface area contributed by atoms with Gasteiger partial charge in [0.2, 0.25) is 0 Å². The van der Waals surface area contributed by atoms with Crippen molar-refractivity contribution in [3.05, 3.63) is 72.3 Å². The van der Waals surface area contributed by atoms with Crippen molar-refractivity contribution < 1.29 is 13.5 Å². The molecule has 0 saturated heterocycles. The minimum absolute atomic E-state index is 0.0188. The molecular formula is C16H16F2O. The van der Waals surface area contributed by atoms with Gasteiger partial charge in [-0.15, -0.1) is 6.58 Å². The highest BCUT2D eigenvalue weighted by Crippen LogP contribution is 2.24. The van der Waals surface area contributed by atoms with Gasteiger partial charge in [0.15, 0.2) is 11.6 Å². The Bertz CT molecular complexity index is 533. The maximum atomic E-state index is 13.3. The second kappa shape index (κ2) is 7.31. The molecule has 1 nitrogen and oxygen atoms in total. The zero-order valence-electron chi connectivity index (χ0n) is 11.0. The lowest BCUT2D eigenvalue weighted by molar-refractivity contribution is 0.437. The third-order valence-corrected chi connectivity index (χ3v) is 2.14. The Balaban J connectivity index is 0.000000550. The molecule has 0 heterocycles. The summed E-state index contributed by atoms with van der Waals surface area (Å²) >= 11 is 0. The van der Waals surface area contributed by atoms with E-state index < -0.39 is 11.6 Å². The molecule has 0 aromatic heterocycles. The lowest BCUT2D eigenvalue weighted by atomic mass is 10.2. The first kappa shape index (κ1) is 14.9. The van der Waals surface area contributed by atoms with Crippen molar-refractivity contribution in [2.75, 3.05) is 0 Å². The van der Waals surface area contributed by atoms with Crippen LogP contribution in [0, 0.1) is 18.6 Å². The maximum Gasteiger partial charge on any atom is 0.168 e. The van der Waals surface area contributed by atoms with E-state index in [1.54, 1.807) is 18.2 Å². The second-order valence-corrected chi connectivity index (χ2v) is 3.90. The number of benzene rings is 2. The number of rotatable bonds is 2. The first-order chi connectivity index (χ1) is 9.06. The molecule has 3 heteroatoms. The fraction of sp³-hybridized carbons (Fsp3) is 0.125. The fourth-order valence-electron chi connectivity index (χ4n) is 1.29. The monoisotopic (exact) mass is 262 g/mol. The summed E-state index contributed by atoms with van der Waals surface area (Å²) in [5, 5.41) is 0. The Labute approximate surface area is 112 Å². The van der Waals surface area contributed by atoms with Crippen molar-refractivity contribution in [1.29, 1.82) is 0 Å². The van der Waals surface area contributed by atoms with Gasteiger partial charge >= 0.3 is 0 Å². The predicted octanol–water partition coefficient (Wildman–Crippen LogP) is 5.26. The maximum absolute atomic E-state index is 13.3. The summed E-state index contributed by atoms with van der Waals surface area (Å²) in [4.78, 5) is 0. The first-order valence-electron chi connectivity index (χ1n) is 5.83. The van der Waals surface area contributed by atoms with Gasteiger partial charge in [0, 0.05) is 6.07 Å². The Kier molecular flexibility index (Phi) is 5.73. The van der Waals surface area contributed by atoms with Crippen molar-refractivity contribution >= 4 is 0 Å². The number of allylic oxidation sites excluding steroid dienone is 1. The summed E-state index contributed by atoms with van der Waals surface area (Å²) in [6.45, 7) is 7.20. The van der Waals surface area contributed by atoms with Crippen LogP contribution in [0.25, 0.3) is 0 Å². The van der Waals surface area contributed by atoms with Crippen LogP contribution in [-0.2, 0) is 0 Å². The number of hydrogen-bond donors (Lipinski definition) is 0. The quantitative estimate of drug-likeness (QED) is 0.671. The smallest absolute Gasteiger partial charge is 0.168 e. The van der Waals surface area contributed by atoms with Gasteiger partial charge in [-0.1, -0.05) is 23.8 Å².